The third-order valence-corrected chi connectivity index (χ3v) is 6.14. The molecule has 2 aromatic rings. The first-order valence-corrected chi connectivity index (χ1v) is 10.5. The maximum atomic E-state index is 6.21. The van der Waals surface area contributed by atoms with Crippen molar-refractivity contribution in [1.29, 1.82) is 0 Å². The zero-order valence-corrected chi connectivity index (χ0v) is 18.2. The number of rotatable bonds is 4. The number of halogens is 3. The first-order valence-electron chi connectivity index (χ1n) is 8.10. The summed E-state index contributed by atoms with van der Waals surface area (Å²) < 4.78 is 1.77. The van der Waals surface area contributed by atoms with Crippen molar-refractivity contribution in [3.05, 3.63) is 56.1 Å². The van der Waals surface area contributed by atoms with Crippen molar-refractivity contribution in [2.75, 3.05) is 11.9 Å². The molecule has 1 heterocycles. The summed E-state index contributed by atoms with van der Waals surface area (Å²) in [5, 5.41) is 7.89. The van der Waals surface area contributed by atoms with Gasteiger partial charge >= 0.3 is 0 Å². The Kier molecular flexibility index (Phi) is 6.36. The fraction of sp³-hybridized carbons (Fsp3) is 0.333. The molecule has 0 spiro atoms. The van der Waals surface area contributed by atoms with Crippen LogP contribution in [0.2, 0.25) is 5.02 Å². The van der Waals surface area contributed by atoms with Gasteiger partial charge in [0.15, 0.2) is 5.11 Å². The van der Waals surface area contributed by atoms with E-state index in [2.05, 4.69) is 59.6 Å². The van der Waals surface area contributed by atoms with Crippen molar-refractivity contribution in [3.63, 3.8) is 0 Å². The Labute approximate surface area is 175 Å². The molecule has 132 valence electrons. The van der Waals surface area contributed by atoms with Gasteiger partial charge in [0.2, 0.25) is 0 Å². The van der Waals surface area contributed by atoms with Gasteiger partial charge in [-0.2, -0.15) is 0 Å². The number of benzene rings is 1. The molecule has 7 heteroatoms. The van der Waals surface area contributed by atoms with E-state index in [1.54, 1.807) is 6.20 Å². The highest BCUT2D eigenvalue weighted by Crippen LogP contribution is 2.41. The van der Waals surface area contributed by atoms with Gasteiger partial charge in [0, 0.05) is 27.7 Å². The quantitative estimate of drug-likeness (QED) is 0.498. The standard InChI is InChI=1S/C18H18Br2ClN3S/c19-13-9-15(20)16(22-10-13)24-17(25)23-11-18(6-1-2-7-18)12-4-3-5-14(21)8-12/h3-5,8-10H,1-2,6-7,11H2,(H2,22,23,24,25). The number of aromatic nitrogens is 1. The lowest BCUT2D eigenvalue weighted by Gasteiger charge is -2.30. The molecule has 25 heavy (non-hydrogen) atoms. The molecular weight excluding hydrogens is 486 g/mol. The number of pyridine rings is 1. The van der Waals surface area contributed by atoms with Crippen LogP contribution in [0.25, 0.3) is 0 Å². The fourth-order valence-electron chi connectivity index (χ4n) is 3.35. The molecule has 0 aliphatic heterocycles. The number of nitrogens with zero attached hydrogens (tertiary/aromatic N) is 1. The highest BCUT2D eigenvalue weighted by molar-refractivity contribution is 9.11. The molecule has 0 amide bonds. The van der Waals surface area contributed by atoms with Gasteiger partial charge < -0.3 is 10.6 Å². The summed E-state index contributed by atoms with van der Waals surface area (Å²) in [6, 6.07) is 10.1. The lowest BCUT2D eigenvalue weighted by molar-refractivity contribution is 0.435. The normalized spacial score (nSPS) is 15.8. The SMILES string of the molecule is S=C(NCC1(c2cccc(Cl)c2)CCCC1)Nc1ncc(Br)cc1Br. The van der Waals surface area contributed by atoms with Gasteiger partial charge in [-0.05, 0) is 80.7 Å². The summed E-state index contributed by atoms with van der Waals surface area (Å²) in [6.07, 6.45) is 6.48. The summed E-state index contributed by atoms with van der Waals surface area (Å²) in [7, 11) is 0. The van der Waals surface area contributed by atoms with Crippen LogP contribution in [-0.2, 0) is 5.41 Å². The van der Waals surface area contributed by atoms with E-state index in [4.69, 9.17) is 23.8 Å². The topological polar surface area (TPSA) is 37.0 Å². The summed E-state index contributed by atoms with van der Waals surface area (Å²) in [5.74, 6) is 0.698. The predicted molar refractivity (Wildman–Crippen MR) is 115 cm³/mol. The molecule has 1 aliphatic carbocycles. The largest absolute Gasteiger partial charge is 0.362 e. The van der Waals surface area contributed by atoms with E-state index in [0.717, 1.165) is 33.4 Å². The summed E-state index contributed by atoms with van der Waals surface area (Å²) in [4.78, 5) is 4.33. The monoisotopic (exact) mass is 501 g/mol. The lowest BCUT2D eigenvalue weighted by atomic mass is 9.79. The maximum Gasteiger partial charge on any atom is 0.172 e. The van der Waals surface area contributed by atoms with Gasteiger partial charge in [0.25, 0.3) is 0 Å². The molecular formula is C18H18Br2ClN3S. The molecule has 0 atom stereocenters. The molecule has 3 nitrogen and oxygen atoms in total. The number of hydrogen-bond acceptors (Lipinski definition) is 2. The molecule has 0 bridgehead atoms. The van der Waals surface area contributed by atoms with E-state index in [1.807, 2.05) is 18.2 Å². The molecule has 2 N–H and O–H groups in total. The lowest BCUT2D eigenvalue weighted by Crippen LogP contribution is -2.40. The van der Waals surface area contributed by atoms with Crippen LogP contribution >= 0.6 is 55.7 Å². The molecule has 0 radical (unpaired) electrons. The van der Waals surface area contributed by atoms with E-state index in [0.29, 0.717) is 10.9 Å². The number of anilines is 1. The van der Waals surface area contributed by atoms with Crippen molar-refractivity contribution in [3.8, 4) is 0 Å². The molecule has 3 rings (SSSR count). The summed E-state index contributed by atoms with van der Waals surface area (Å²) >= 11 is 18.6. The second kappa shape index (κ2) is 8.33. The first-order chi connectivity index (χ1) is 12.0. The molecule has 0 saturated heterocycles. The highest BCUT2D eigenvalue weighted by atomic mass is 79.9. The van der Waals surface area contributed by atoms with Crippen LogP contribution in [0.5, 0.6) is 0 Å². The third kappa shape index (κ3) is 4.73. The van der Waals surface area contributed by atoms with Crippen molar-refractivity contribution in [1.82, 2.24) is 10.3 Å². The Bertz CT molecular complexity index is 779. The first kappa shape index (κ1) is 19.1. The molecule has 1 aromatic carbocycles. The van der Waals surface area contributed by atoms with Gasteiger partial charge in [-0.1, -0.05) is 36.6 Å². The molecule has 1 aromatic heterocycles. The average Bonchev–Trinajstić information content (AvgIpc) is 3.06. The Morgan fingerprint density at radius 3 is 2.68 bits per heavy atom. The van der Waals surface area contributed by atoms with Crippen LogP contribution in [0.3, 0.4) is 0 Å². The highest BCUT2D eigenvalue weighted by Gasteiger charge is 2.35. The van der Waals surface area contributed by atoms with E-state index >= 15 is 0 Å². The second-order valence-electron chi connectivity index (χ2n) is 6.29. The molecule has 0 unspecified atom stereocenters. The van der Waals surface area contributed by atoms with Crippen LogP contribution < -0.4 is 10.6 Å². The van der Waals surface area contributed by atoms with Gasteiger partial charge in [0.1, 0.15) is 5.82 Å². The minimum Gasteiger partial charge on any atom is -0.362 e. The number of hydrogen-bond donors (Lipinski definition) is 2. The third-order valence-electron chi connectivity index (χ3n) is 4.62. The number of nitrogens with one attached hydrogen (secondary N) is 2. The van der Waals surface area contributed by atoms with Gasteiger partial charge in [-0.3, -0.25) is 0 Å². The smallest absolute Gasteiger partial charge is 0.172 e. The van der Waals surface area contributed by atoms with Gasteiger partial charge in [-0.15, -0.1) is 0 Å². The van der Waals surface area contributed by atoms with Crippen LogP contribution in [0.1, 0.15) is 31.2 Å². The van der Waals surface area contributed by atoms with Gasteiger partial charge in [-0.25, -0.2) is 4.98 Å². The van der Waals surface area contributed by atoms with E-state index < -0.39 is 0 Å². The van der Waals surface area contributed by atoms with Crippen LogP contribution in [0.4, 0.5) is 5.82 Å². The van der Waals surface area contributed by atoms with Crippen LogP contribution in [0.15, 0.2) is 45.5 Å². The Hall–Kier alpha value is -0.690. The van der Waals surface area contributed by atoms with E-state index in [1.165, 1.54) is 18.4 Å². The zero-order valence-electron chi connectivity index (χ0n) is 13.5. The predicted octanol–water partition coefficient (Wildman–Crippen LogP) is 6.06. The summed E-state index contributed by atoms with van der Waals surface area (Å²) in [5.41, 5.74) is 1.37. The van der Waals surface area contributed by atoms with Crippen molar-refractivity contribution in [2.45, 2.75) is 31.1 Å². The van der Waals surface area contributed by atoms with Crippen molar-refractivity contribution >= 4 is 66.6 Å². The summed E-state index contributed by atoms with van der Waals surface area (Å²) in [6.45, 7) is 0.785. The van der Waals surface area contributed by atoms with E-state index in [-0.39, 0.29) is 5.41 Å². The Morgan fingerprint density at radius 1 is 1.24 bits per heavy atom. The molecule has 1 aliphatic rings. The van der Waals surface area contributed by atoms with Gasteiger partial charge in [0.05, 0.1) is 4.47 Å². The maximum absolute atomic E-state index is 6.21. The van der Waals surface area contributed by atoms with Crippen molar-refractivity contribution in [2.24, 2.45) is 0 Å². The Balaban J connectivity index is 1.68. The van der Waals surface area contributed by atoms with E-state index in [9.17, 15) is 0 Å². The van der Waals surface area contributed by atoms with Crippen molar-refractivity contribution < 1.29 is 0 Å². The average molecular weight is 504 g/mol. The van der Waals surface area contributed by atoms with Crippen LogP contribution in [-0.4, -0.2) is 16.6 Å². The molecule has 1 fully saturated rings. The second-order valence-corrected chi connectivity index (χ2v) is 8.90. The number of thiocarbonyl (C=S) groups is 1. The molecule has 1 saturated carbocycles. The fourth-order valence-corrected chi connectivity index (χ4v) is 4.79. The Morgan fingerprint density at radius 2 is 2.00 bits per heavy atom. The van der Waals surface area contributed by atoms with Crippen LogP contribution in [0, 0.1) is 0 Å². The minimum atomic E-state index is 0.0843. The zero-order chi connectivity index (χ0) is 17.9. The minimum absolute atomic E-state index is 0.0843.